The third-order valence-electron chi connectivity index (χ3n) is 3.17. The van der Waals surface area contributed by atoms with E-state index in [0.29, 0.717) is 11.4 Å². The van der Waals surface area contributed by atoms with Crippen LogP contribution in [0.15, 0.2) is 52.5 Å². The van der Waals surface area contributed by atoms with Gasteiger partial charge in [0.15, 0.2) is 0 Å². The van der Waals surface area contributed by atoms with Crippen LogP contribution in [0.5, 0.6) is 0 Å². The lowest BCUT2D eigenvalue weighted by molar-refractivity contribution is -0.384. The molecule has 24 heavy (non-hydrogen) atoms. The highest BCUT2D eigenvalue weighted by Gasteiger charge is 2.18. The average Bonchev–Trinajstić information content (AvgIpc) is 2.52. The van der Waals surface area contributed by atoms with Crippen molar-refractivity contribution in [2.45, 2.75) is 11.8 Å². The Hall–Kier alpha value is -2.98. The number of nitrogens with zero attached hydrogens (tertiary/aromatic N) is 2. The van der Waals surface area contributed by atoms with Gasteiger partial charge >= 0.3 is 0 Å². The highest BCUT2D eigenvalue weighted by Crippen LogP contribution is 2.27. The lowest BCUT2D eigenvalue weighted by atomic mass is 10.1. The van der Waals surface area contributed by atoms with Crippen molar-refractivity contribution < 1.29 is 13.3 Å². The fraction of sp³-hybridized carbons (Fsp3) is 0.0714. The van der Waals surface area contributed by atoms with Gasteiger partial charge in [-0.2, -0.15) is 5.10 Å². The summed E-state index contributed by atoms with van der Waals surface area (Å²) in [7, 11) is -4.03. The molecule has 0 saturated carbocycles. The third-order valence-corrected chi connectivity index (χ3v) is 4.08. The maximum atomic E-state index is 11.3. The molecule has 0 heterocycles. The Morgan fingerprint density at radius 1 is 1.21 bits per heavy atom. The van der Waals surface area contributed by atoms with E-state index >= 15 is 0 Å². The molecule has 2 rings (SSSR count). The second-order valence-electron chi connectivity index (χ2n) is 4.91. The number of nitro benzene ring substituents is 1. The molecule has 0 bridgehead atoms. The molecule has 0 aromatic heterocycles. The van der Waals surface area contributed by atoms with E-state index in [2.05, 4.69) is 10.5 Å². The fourth-order valence-corrected chi connectivity index (χ4v) is 2.40. The van der Waals surface area contributed by atoms with Crippen molar-refractivity contribution in [2.75, 3.05) is 11.2 Å². The van der Waals surface area contributed by atoms with Crippen LogP contribution >= 0.6 is 0 Å². The monoisotopic (exact) mass is 349 g/mol. The molecule has 0 aliphatic heterocycles. The minimum atomic E-state index is -4.03. The molecule has 5 N–H and O–H groups in total. The SMILES string of the molecule is C/C(=N/Nc1ccc(S(N)(=O)=O)cc1[N+](=O)[O-])c1ccc(N)cc1. The average molecular weight is 349 g/mol. The molecule has 0 aliphatic carbocycles. The number of primary sulfonamides is 1. The summed E-state index contributed by atoms with van der Waals surface area (Å²) < 4.78 is 22.6. The van der Waals surface area contributed by atoms with Gasteiger partial charge in [0.05, 0.1) is 15.5 Å². The van der Waals surface area contributed by atoms with Crippen molar-refractivity contribution >= 4 is 32.8 Å². The van der Waals surface area contributed by atoms with E-state index < -0.39 is 20.6 Å². The zero-order valence-electron chi connectivity index (χ0n) is 12.6. The first-order valence-electron chi connectivity index (χ1n) is 6.66. The normalized spacial score (nSPS) is 12.0. The van der Waals surface area contributed by atoms with Crippen LogP contribution in [0.25, 0.3) is 0 Å². The summed E-state index contributed by atoms with van der Waals surface area (Å²) in [5.74, 6) is 0. The molecular formula is C14H15N5O4S. The number of hydrazone groups is 1. The van der Waals surface area contributed by atoms with Crippen LogP contribution in [0.4, 0.5) is 17.1 Å². The first-order chi connectivity index (χ1) is 11.2. The summed E-state index contributed by atoms with van der Waals surface area (Å²) in [5, 5.41) is 20.2. The number of nitrogens with two attached hydrogens (primary N) is 2. The van der Waals surface area contributed by atoms with Crippen molar-refractivity contribution in [3.05, 3.63) is 58.1 Å². The summed E-state index contributed by atoms with van der Waals surface area (Å²) in [6.45, 7) is 1.71. The molecular weight excluding hydrogens is 334 g/mol. The molecule has 0 spiro atoms. The highest BCUT2D eigenvalue weighted by molar-refractivity contribution is 7.89. The molecule has 0 fully saturated rings. The van der Waals surface area contributed by atoms with Gasteiger partial charge in [-0.15, -0.1) is 0 Å². The van der Waals surface area contributed by atoms with Gasteiger partial charge in [0, 0.05) is 11.8 Å². The molecule has 0 atom stereocenters. The predicted octanol–water partition coefficient (Wildman–Crippen LogP) is 1.66. The molecule has 2 aromatic rings. The molecule has 2 aromatic carbocycles. The van der Waals surface area contributed by atoms with Gasteiger partial charge in [-0.25, -0.2) is 13.6 Å². The zero-order chi connectivity index (χ0) is 17.9. The maximum absolute atomic E-state index is 11.3. The van der Waals surface area contributed by atoms with Gasteiger partial charge < -0.3 is 5.73 Å². The van der Waals surface area contributed by atoms with Crippen molar-refractivity contribution in [3.63, 3.8) is 0 Å². The lowest BCUT2D eigenvalue weighted by Gasteiger charge is -2.06. The molecule has 9 nitrogen and oxygen atoms in total. The number of nitro groups is 1. The quantitative estimate of drug-likeness (QED) is 0.323. The summed E-state index contributed by atoms with van der Waals surface area (Å²) in [6, 6.07) is 10.2. The van der Waals surface area contributed by atoms with Crippen LogP contribution in [-0.4, -0.2) is 19.1 Å². The predicted molar refractivity (Wildman–Crippen MR) is 91.2 cm³/mol. The van der Waals surface area contributed by atoms with Gasteiger partial charge in [-0.05, 0) is 36.8 Å². The third kappa shape index (κ3) is 4.06. The van der Waals surface area contributed by atoms with E-state index in [4.69, 9.17) is 10.9 Å². The van der Waals surface area contributed by atoms with Crippen LogP contribution < -0.4 is 16.3 Å². The van der Waals surface area contributed by atoms with E-state index in [1.807, 2.05) is 0 Å². The first kappa shape index (κ1) is 17.4. The number of hydrogen-bond acceptors (Lipinski definition) is 7. The Morgan fingerprint density at radius 2 is 1.83 bits per heavy atom. The number of anilines is 2. The molecule has 0 amide bonds. The van der Waals surface area contributed by atoms with Gasteiger partial charge in [-0.1, -0.05) is 12.1 Å². The number of sulfonamides is 1. The topological polar surface area (TPSA) is 154 Å². The highest BCUT2D eigenvalue weighted by atomic mass is 32.2. The summed E-state index contributed by atoms with van der Waals surface area (Å²) in [5.41, 5.74) is 9.72. The maximum Gasteiger partial charge on any atom is 0.295 e. The van der Waals surface area contributed by atoms with Gasteiger partial charge in [0.2, 0.25) is 10.0 Å². The Morgan fingerprint density at radius 3 is 2.38 bits per heavy atom. The van der Waals surface area contributed by atoms with E-state index in [-0.39, 0.29) is 10.6 Å². The Balaban J connectivity index is 2.33. The fourth-order valence-electron chi connectivity index (χ4n) is 1.87. The van der Waals surface area contributed by atoms with Crippen molar-refractivity contribution in [3.8, 4) is 0 Å². The van der Waals surface area contributed by atoms with E-state index in [1.54, 1.807) is 31.2 Å². The van der Waals surface area contributed by atoms with Crippen LogP contribution in [0.3, 0.4) is 0 Å². The lowest BCUT2D eigenvalue weighted by Crippen LogP contribution is -2.12. The summed E-state index contributed by atoms with van der Waals surface area (Å²) in [6.07, 6.45) is 0. The summed E-state index contributed by atoms with van der Waals surface area (Å²) >= 11 is 0. The molecule has 126 valence electrons. The second-order valence-corrected chi connectivity index (χ2v) is 6.47. The van der Waals surface area contributed by atoms with E-state index in [0.717, 1.165) is 11.6 Å². The largest absolute Gasteiger partial charge is 0.399 e. The van der Waals surface area contributed by atoms with Crippen molar-refractivity contribution in [2.24, 2.45) is 10.2 Å². The molecule has 10 heteroatoms. The number of benzene rings is 2. The molecule has 0 saturated heterocycles. The Labute approximate surface area is 138 Å². The van der Waals surface area contributed by atoms with Crippen LogP contribution in [0.1, 0.15) is 12.5 Å². The van der Waals surface area contributed by atoms with Gasteiger partial charge in [0.25, 0.3) is 5.69 Å². The molecule has 0 unspecified atom stereocenters. The molecule has 0 aliphatic rings. The molecule has 0 radical (unpaired) electrons. The zero-order valence-corrected chi connectivity index (χ0v) is 13.4. The van der Waals surface area contributed by atoms with Crippen LogP contribution in [0.2, 0.25) is 0 Å². The number of nitrogen functional groups attached to an aromatic ring is 1. The van der Waals surface area contributed by atoms with Crippen LogP contribution in [0, 0.1) is 10.1 Å². The summed E-state index contributed by atoms with van der Waals surface area (Å²) in [4.78, 5) is 10.1. The minimum absolute atomic E-state index is 0.0437. The van der Waals surface area contributed by atoms with Crippen molar-refractivity contribution in [1.82, 2.24) is 0 Å². The number of hydrogen-bond donors (Lipinski definition) is 3. The number of nitrogens with one attached hydrogen (secondary N) is 1. The number of rotatable bonds is 5. The minimum Gasteiger partial charge on any atom is -0.399 e. The Bertz CT molecular complexity index is 907. The van der Waals surface area contributed by atoms with Gasteiger partial charge in [-0.3, -0.25) is 15.5 Å². The van der Waals surface area contributed by atoms with Gasteiger partial charge in [0.1, 0.15) is 5.69 Å². The second kappa shape index (κ2) is 6.64. The first-order valence-corrected chi connectivity index (χ1v) is 8.20. The van der Waals surface area contributed by atoms with E-state index in [9.17, 15) is 18.5 Å². The van der Waals surface area contributed by atoms with E-state index in [1.165, 1.54) is 12.1 Å². The van der Waals surface area contributed by atoms with Crippen molar-refractivity contribution in [1.29, 1.82) is 0 Å². The smallest absolute Gasteiger partial charge is 0.295 e. The van der Waals surface area contributed by atoms with Crippen LogP contribution in [-0.2, 0) is 10.0 Å². The standard InChI is InChI=1S/C14H15N5O4S/c1-9(10-2-4-11(15)5-3-10)17-18-13-7-6-12(24(16,22)23)8-14(13)19(20)21/h2-8,18H,15H2,1H3,(H2,16,22,23)/b17-9-. The Kier molecular flexibility index (Phi) is 4.81.